The predicted octanol–water partition coefficient (Wildman–Crippen LogP) is 3.48. The number of hydrogen-bond donors (Lipinski definition) is 1. The monoisotopic (exact) mass is 344 g/mol. The number of amides is 1. The summed E-state index contributed by atoms with van der Waals surface area (Å²) in [6.07, 6.45) is 4.49. The van der Waals surface area contributed by atoms with Crippen molar-refractivity contribution in [2.75, 3.05) is 6.61 Å². The molecule has 0 saturated heterocycles. The van der Waals surface area contributed by atoms with Gasteiger partial charge in [0.05, 0.1) is 6.61 Å². The van der Waals surface area contributed by atoms with Crippen molar-refractivity contribution >= 4 is 11.9 Å². The fourth-order valence-electron chi connectivity index (χ4n) is 4.43. The van der Waals surface area contributed by atoms with Crippen molar-refractivity contribution in [2.24, 2.45) is 23.2 Å². The van der Waals surface area contributed by atoms with Crippen LogP contribution in [-0.4, -0.2) is 18.5 Å². The normalized spacial score (nSPS) is 32.0. The molecule has 1 saturated carbocycles. The van der Waals surface area contributed by atoms with Gasteiger partial charge >= 0.3 is 5.97 Å². The first-order valence-electron chi connectivity index (χ1n) is 9.04. The van der Waals surface area contributed by atoms with Crippen molar-refractivity contribution in [3.8, 4) is 6.07 Å². The van der Waals surface area contributed by atoms with E-state index in [1.165, 1.54) is 6.92 Å². The van der Waals surface area contributed by atoms with Crippen molar-refractivity contribution in [2.45, 2.75) is 53.9 Å². The summed E-state index contributed by atoms with van der Waals surface area (Å²) in [7, 11) is 0. The maximum absolute atomic E-state index is 12.0. The highest BCUT2D eigenvalue weighted by Crippen LogP contribution is 2.57. The van der Waals surface area contributed by atoms with E-state index in [1.807, 2.05) is 6.07 Å². The second kappa shape index (κ2) is 7.43. The lowest BCUT2D eigenvalue weighted by molar-refractivity contribution is -0.138. The summed E-state index contributed by atoms with van der Waals surface area (Å²) in [6, 6.07) is 1.94. The molecule has 4 atom stereocenters. The molecule has 1 fully saturated rings. The Labute approximate surface area is 150 Å². The minimum atomic E-state index is -0.610. The van der Waals surface area contributed by atoms with Crippen LogP contribution < -0.4 is 5.32 Å². The molecule has 25 heavy (non-hydrogen) atoms. The molecule has 0 aliphatic heterocycles. The number of carbonyl (C=O) groups excluding carboxylic acids is 2. The lowest BCUT2D eigenvalue weighted by Crippen LogP contribution is -2.41. The summed E-state index contributed by atoms with van der Waals surface area (Å²) in [6.45, 7) is 10.2. The third kappa shape index (κ3) is 3.63. The van der Waals surface area contributed by atoms with Gasteiger partial charge in [-0.05, 0) is 55.6 Å². The smallest absolute Gasteiger partial charge is 0.348 e. The maximum atomic E-state index is 12.0. The SMILES string of the molecule is CCOC(=O)/C(C#N)=C\C1=C(NC(C)=O)[C@@]2(C)CCC(C)C(C)C2C1. The number of carbonyl (C=O) groups is 2. The Balaban J connectivity index is 2.48. The van der Waals surface area contributed by atoms with Gasteiger partial charge in [0.25, 0.3) is 0 Å². The summed E-state index contributed by atoms with van der Waals surface area (Å²) < 4.78 is 4.96. The first-order valence-corrected chi connectivity index (χ1v) is 9.04. The Hall–Kier alpha value is -2.09. The molecule has 2 rings (SSSR count). The van der Waals surface area contributed by atoms with Gasteiger partial charge in [-0.1, -0.05) is 20.8 Å². The summed E-state index contributed by atoms with van der Waals surface area (Å²) in [4.78, 5) is 23.8. The number of ether oxygens (including phenoxy) is 1. The van der Waals surface area contributed by atoms with Crippen molar-refractivity contribution in [1.82, 2.24) is 5.32 Å². The van der Waals surface area contributed by atoms with Gasteiger partial charge in [-0.2, -0.15) is 5.26 Å². The summed E-state index contributed by atoms with van der Waals surface area (Å²) in [5.74, 6) is 0.804. The van der Waals surface area contributed by atoms with E-state index in [0.717, 1.165) is 30.5 Å². The van der Waals surface area contributed by atoms with Gasteiger partial charge in [-0.25, -0.2) is 4.79 Å². The van der Waals surface area contributed by atoms with Crippen molar-refractivity contribution in [1.29, 1.82) is 5.26 Å². The molecule has 0 aromatic rings. The van der Waals surface area contributed by atoms with Gasteiger partial charge in [-0.15, -0.1) is 0 Å². The molecule has 136 valence electrons. The minimum absolute atomic E-state index is 0.0114. The molecule has 0 radical (unpaired) electrons. The fourth-order valence-corrected chi connectivity index (χ4v) is 4.43. The van der Waals surface area contributed by atoms with Crippen molar-refractivity contribution < 1.29 is 14.3 Å². The predicted molar refractivity (Wildman–Crippen MR) is 94.9 cm³/mol. The van der Waals surface area contributed by atoms with Gasteiger partial charge in [0.2, 0.25) is 5.91 Å². The fraction of sp³-hybridized carbons (Fsp3) is 0.650. The zero-order valence-corrected chi connectivity index (χ0v) is 15.8. The molecule has 2 aliphatic carbocycles. The van der Waals surface area contributed by atoms with Crippen molar-refractivity contribution in [3.63, 3.8) is 0 Å². The minimum Gasteiger partial charge on any atom is -0.462 e. The molecule has 0 spiro atoms. The number of nitrogens with zero attached hydrogens (tertiary/aromatic N) is 1. The number of fused-ring (bicyclic) bond motifs is 1. The molecule has 3 unspecified atom stereocenters. The highest BCUT2D eigenvalue weighted by molar-refractivity contribution is 5.93. The van der Waals surface area contributed by atoms with Crippen LogP contribution in [0.25, 0.3) is 0 Å². The Morgan fingerprint density at radius 3 is 2.68 bits per heavy atom. The van der Waals surface area contributed by atoms with Gasteiger partial charge in [0.1, 0.15) is 11.6 Å². The zero-order chi connectivity index (χ0) is 18.8. The Morgan fingerprint density at radius 1 is 1.44 bits per heavy atom. The van der Waals surface area contributed by atoms with Crippen LogP contribution in [0.5, 0.6) is 0 Å². The van der Waals surface area contributed by atoms with E-state index in [2.05, 4.69) is 26.1 Å². The molecule has 1 N–H and O–H groups in total. The number of nitrogens with one attached hydrogen (secondary N) is 1. The van der Waals surface area contributed by atoms with E-state index < -0.39 is 5.97 Å². The average molecular weight is 344 g/mol. The lowest BCUT2D eigenvalue weighted by Gasteiger charge is -2.45. The van der Waals surface area contributed by atoms with Crippen molar-refractivity contribution in [3.05, 3.63) is 22.9 Å². The maximum Gasteiger partial charge on any atom is 0.348 e. The first-order chi connectivity index (χ1) is 11.7. The van der Waals surface area contributed by atoms with E-state index in [0.29, 0.717) is 17.8 Å². The molecule has 5 nitrogen and oxygen atoms in total. The number of allylic oxidation sites excluding steroid dienone is 3. The number of esters is 1. The van der Waals surface area contributed by atoms with Crippen LogP contribution in [0.15, 0.2) is 22.9 Å². The van der Waals surface area contributed by atoms with Crippen LogP contribution in [-0.2, 0) is 14.3 Å². The van der Waals surface area contributed by atoms with E-state index in [1.54, 1.807) is 13.0 Å². The molecular weight excluding hydrogens is 316 g/mol. The average Bonchev–Trinajstić information content (AvgIpc) is 2.82. The van der Waals surface area contributed by atoms with E-state index in [4.69, 9.17) is 4.74 Å². The van der Waals surface area contributed by atoms with Crippen LogP contribution in [0.2, 0.25) is 0 Å². The quantitative estimate of drug-likeness (QED) is 0.481. The van der Waals surface area contributed by atoms with E-state index in [9.17, 15) is 14.9 Å². The third-order valence-corrected chi connectivity index (χ3v) is 6.04. The largest absolute Gasteiger partial charge is 0.462 e. The Bertz CT molecular complexity index is 671. The molecule has 0 aromatic carbocycles. The van der Waals surface area contributed by atoms with Crippen LogP contribution in [0, 0.1) is 34.5 Å². The highest BCUT2D eigenvalue weighted by Gasteiger charge is 2.50. The zero-order valence-electron chi connectivity index (χ0n) is 15.8. The number of hydrogen-bond acceptors (Lipinski definition) is 4. The Kier molecular flexibility index (Phi) is 5.72. The summed E-state index contributed by atoms with van der Waals surface area (Å²) in [5, 5.41) is 12.3. The van der Waals surface area contributed by atoms with Gasteiger partial charge in [0, 0.05) is 18.0 Å². The molecule has 1 amide bonds. The Morgan fingerprint density at radius 2 is 2.12 bits per heavy atom. The molecular formula is C20H28N2O3. The second-order valence-corrected chi connectivity index (χ2v) is 7.57. The lowest BCUT2D eigenvalue weighted by atomic mass is 9.60. The second-order valence-electron chi connectivity index (χ2n) is 7.57. The number of rotatable bonds is 4. The summed E-state index contributed by atoms with van der Waals surface area (Å²) in [5.41, 5.74) is 1.62. The summed E-state index contributed by atoms with van der Waals surface area (Å²) >= 11 is 0. The van der Waals surface area contributed by atoms with Gasteiger partial charge in [-0.3, -0.25) is 4.79 Å². The topological polar surface area (TPSA) is 79.2 Å². The highest BCUT2D eigenvalue weighted by atomic mass is 16.5. The molecule has 0 heterocycles. The molecule has 2 aliphatic rings. The van der Waals surface area contributed by atoms with Gasteiger partial charge < -0.3 is 10.1 Å². The van der Waals surface area contributed by atoms with Gasteiger partial charge in [0.15, 0.2) is 0 Å². The number of nitriles is 1. The van der Waals surface area contributed by atoms with Crippen LogP contribution in [0.4, 0.5) is 0 Å². The van der Waals surface area contributed by atoms with Crippen LogP contribution in [0.1, 0.15) is 53.9 Å². The van der Waals surface area contributed by atoms with E-state index >= 15 is 0 Å². The standard InChI is InChI=1S/C20H28N2O3/c1-6-25-19(24)16(11-21)9-15-10-17-13(3)12(2)7-8-20(17,5)18(15)22-14(4)23/h9,12-13,17H,6-8,10H2,1-5H3,(H,22,23)/b16-9-/t12?,13?,17?,20-/m0/s1. The molecule has 0 aromatic heterocycles. The van der Waals surface area contributed by atoms with E-state index in [-0.39, 0.29) is 23.5 Å². The van der Waals surface area contributed by atoms with Crippen LogP contribution >= 0.6 is 0 Å². The molecule has 5 heteroatoms. The third-order valence-electron chi connectivity index (χ3n) is 6.04. The van der Waals surface area contributed by atoms with Crippen LogP contribution in [0.3, 0.4) is 0 Å². The first kappa shape index (κ1) is 19.2. The molecule has 0 bridgehead atoms.